The van der Waals surface area contributed by atoms with Crippen LogP contribution in [0.3, 0.4) is 0 Å². The zero-order valence-corrected chi connectivity index (χ0v) is 11.6. The van der Waals surface area contributed by atoms with Crippen molar-refractivity contribution in [3.63, 3.8) is 0 Å². The fourth-order valence-corrected chi connectivity index (χ4v) is 2.13. The van der Waals surface area contributed by atoms with Gasteiger partial charge in [-0.05, 0) is 37.3 Å². The van der Waals surface area contributed by atoms with Gasteiger partial charge in [-0.15, -0.1) is 0 Å². The molecule has 0 radical (unpaired) electrons. The lowest BCUT2D eigenvalue weighted by atomic mass is 9.88. The number of rotatable bonds is 3. The van der Waals surface area contributed by atoms with E-state index in [1.54, 1.807) is 22.9 Å². The van der Waals surface area contributed by atoms with Crippen LogP contribution in [-0.4, -0.2) is 10.4 Å². The first-order valence-corrected chi connectivity index (χ1v) is 6.48. The molecular weight excluding hydrogens is 226 g/mol. The number of carbonyl (C=O) groups excluding carboxylic acids is 1. The molecule has 0 bridgehead atoms. The van der Waals surface area contributed by atoms with Crippen molar-refractivity contribution in [1.29, 1.82) is 0 Å². The Kier molecular flexibility index (Phi) is 2.96. The van der Waals surface area contributed by atoms with Crippen molar-refractivity contribution in [2.45, 2.75) is 52.5 Å². The van der Waals surface area contributed by atoms with Crippen LogP contribution in [0.2, 0.25) is 0 Å². The van der Waals surface area contributed by atoms with Crippen molar-refractivity contribution in [3.05, 3.63) is 34.2 Å². The predicted octanol–water partition coefficient (Wildman–Crippen LogP) is 2.98. The van der Waals surface area contributed by atoms with Crippen LogP contribution in [0.25, 0.3) is 0 Å². The van der Waals surface area contributed by atoms with Crippen LogP contribution in [0.1, 0.15) is 57.3 Å². The zero-order chi connectivity index (χ0) is 13.6. The molecule has 1 saturated carbocycles. The average Bonchev–Trinajstić information content (AvgIpc) is 2.95. The van der Waals surface area contributed by atoms with Gasteiger partial charge in [0.2, 0.25) is 0 Å². The number of ketones is 1. The fourth-order valence-electron chi connectivity index (χ4n) is 2.13. The maximum absolute atomic E-state index is 12.3. The first kappa shape index (κ1) is 13.1. The summed E-state index contributed by atoms with van der Waals surface area (Å²) < 4.78 is 1.73. The number of carbonyl (C=O) groups is 1. The van der Waals surface area contributed by atoms with Crippen molar-refractivity contribution in [3.8, 4) is 0 Å². The number of pyridine rings is 1. The maximum Gasteiger partial charge on any atom is 0.261 e. The van der Waals surface area contributed by atoms with Crippen molar-refractivity contribution < 1.29 is 4.79 Å². The van der Waals surface area contributed by atoms with Gasteiger partial charge in [0.25, 0.3) is 5.56 Å². The SMILES string of the molecule is CC(C)(C)CC(=O)c1cccn(C2(C)CC2)c1=O. The van der Waals surface area contributed by atoms with Crippen LogP contribution in [0, 0.1) is 5.41 Å². The average molecular weight is 247 g/mol. The summed E-state index contributed by atoms with van der Waals surface area (Å²) in [5, 5.41) is 0. The van der Waals surface area contributed by atoms with Crippen LogP contribution in [0.5, 0.6) is 0 Å². The Morgan fingerprint density at radius 3 is 2.50 bits per heavy atom. The summed E-state index contributed by atoms with van der Waals surface area (Å²) in [6, 6.07) is 3.46. The standard InChI is InChI=1S/C15H21NO2/c1-14(2,3)10-12(17)11-6-5-9-16(13(11)18)15(4)7-8-15/h5-6,9H,7-8,10H2,1-4H3. The van der Waals surface area contributed by atoms with Gasteiger partial charge in [0.05, 0.1) is 5.56 Å². The Labute approximate surface area is 108 Å². The minimum atomic E-state index is -0.133. The van der Waals surface area contributed by atoms with Gasteiger partial charge in [0.15, 0.2) is 5.78 Å². The summed E-state index contributed by atoms with van der Waals surface area (Å²) in [6.45, 7) is 8.09. The molecule has 1 aromatic heterocycles. The second kappa shape index (κ2) is 4.08. The Bertz CT molecular complexity index is 530. The molecule has 1 heterocycles. The van der Waals surface area contributed by atoms with E-state index in [9.17, 15) is 9.59 Å². The Balaban J connectivity index is 2.35. The lowest BCUT2D eigenvalue weighted by Crippen LogP contribution is -2.32. The van der Waals surface area contributed by atoms with Crippen molar-refractivity contribution >= 4 is 5.78 Å². The summed E-state index contributed by atoms with van der Waals surface area (Å²) >= 11 is 0. The molecule has 0 spiro atoms. The highest BCUT2D eigenvalue weighted by Gasteiger charge is 2.40. The third-order valence-electron chi connectivity index (χ3n) is 3.49. The Morgan fingerprint density at radius 1 is 1.39 bits per heavy atom. The number of hydrogen-bond acceptors (Lipinski definition) is 2. The molecule has 1 fully saturated rings. The van der Waals surface area contributed by atoms with Gasteiger partial charge in [-0.25, -0.2) is 0 Å². The van der Waals surface area contributed by atoms with Crippen LogP contribution >= 0.6 is 0 Å². The van der Waals surface area contributed by atoms with Crippen LogP contribution in [0.4, 0.5) is 0 Å². The lowest BCUT2D eigenvalue weighted by molar-refractivity contribution is 0.0937. The van der Waals surface area contributed by atoms with E-state index in [1.165, 1.54) is 0 Å². The molecule has 0 N–H and O–H groups in total. The van der Waals surface area contributed by atoms with Crippen LogP contribution in [0.15, 0.2) is 23.1 Å². The summed E-state index contributed by atoms with van der Waals surface area (Å²) in [6.07, 6.45) is 4.24. The quantitative estimate of drug-likeness (QED) is 0.770. The van der Waals surface area contributed by atoms with E-state index in [2.05, 4.69) is 6.92 Å². The number of hydrogen-bond donors (Lipinski definition) is 0. The monoisotopic (exact) mass is 247 g/mol. The number of Topliss-reactive ketones (excluding diaryl/α,β-unsaturated/α-hetero) is 1. The minimum absolute atomic E-state index is 0.0499. The van der Waals surface area contributed by atoms with Crippen LogP contribution < -0.4 is 5.56 Å². The second-order valence-corrected chi connectivity index (χ2v) is 6.75. The topological polar surface area (TPSA) is 39.1 Å². The predicted molar refractivity (Wildman–Crippen MR) is 72.0 cm³/mol. The van der Waals surface area contributed by atoms with Gasteiger partial charge >= 0.3 is 0 Å². The van der Waals surface area contributed by atoms with E-state index in [0.717, 1.165) is 12.8 Å². The number of nitrogens with zero attached hydrogens (tertiary/aromatic N) is 1. The normalized spacial score (nSPS) is 17.6. The molecular formula is C15H21NO2. The molecule has 0 aromatic carbocycles. The smallest absolute Gasteiger partial charge is 0.261 e. The minimum Gasteiger partial charge on any atom is -0.309 e. The highest BCUT2D eigenvalue weighted by Crippen LogP contribution is 2.41. The van der Waals surface area contributed by atoms with E-state index in [-0.39, 0.29) is 22.3 Å². The van der Waals surface area contributed by atoms with Gasteiger partial charge in [-0.2, -0.15) is 0 Å². The zero-order valence-electron chi connectivity index (χ0n) is 11.6. The lowest BCUT2D eigenvalue weighted by Gasteiger charge is -2.18. The molecule has 0 atom stereocenters. The first-order valence-electron chi connectivity index (χ1n) is 6.48. The number of aromatic nitrogens is 1. The molecule has 2 rings (SSSR count). The fraction of sp³-hybridized carbons (Fsp3) is 0.600. The third kappa shape index (κ3) is 2.55. The maximum atomic E-state index is 12.3. The van der Waals surface area contributed by atoms with Crippen molar-refractivity contribution in [2.24, 2.45) is 5.41 Å². The van der Waals surface area contributed by atoms with Crippen molar-refractivity contribution in [2.75, 3.05) is 0 Å². The highest BCUT2D eigenvalue weighted by atomic mass is 16.1. The molecule has 1 aliphatic rings. The van der Waals surface area contributed by atoms with E-state index in [4.69, 9.17) is 0 Å². The Hall–Kier alpha value is -1.38. The van der Waals surface area contributed by atoms with E-state index >= 15 is 0 Å². The molecule has 3 nitrogen and oxygen atoms in total. The van der Waals surface area contributed by atoms with Gasteiger partial charge in [-0.1, -0.05) is 20.8 Å². The second-order valence-electron chi connectivity index (χ2n) is 6.75. The highest BCUT2D eigenvalue weighted by molar-refractivity contribution is 5.96. The molecule has 0 saturated heterocycles. The molecule has 1 aromatic rings. The summed E-state index contributed by atoms with van der Waals surface area (Å²) in [5.74, 6) is -0.0499. The summed E-state index contributed by atoms with van der Waals surface area (Å²) in [7, 11) is 0. The molecule has 3 heteroatoms. The largest absolute Gasteiger partial charge is 0.309 e. The summed E-state index contributed by atoms with van der Waals surface area (Å²) in [5.41, 5.74) is 0.0512. The molecule has 98 valence electrons. The van der Waals surface area contributed by atoms with Gasteiger partial charge in [0, 0.05) is 18.2 Å². The van der Waals surface area contributed by atoms with E-state index < -0.39 is 0 Å². The van der Waals surface area contributed by atoms with E-state index in [1.807, 2.05) is 20.8 Å². The third-order valence-corrected chi connectivity index (χ3v) is 3.49. The molecule has 18 heavy (non-hydrogen) atoms. The van der Waals surface area contributed by atoms with Crippen LogP contribution in [-0.2, 0) is 5.54 Å². The molecule has 0 amide bonds. The van der Waals surface area contributed by atoms with E-state index in [0.29, 0.717) is 12.0 Å². The van der Waals surface area contributed by atoms with Gasteiger partial charge < -0.3 is 4.57 Å². The first-order chi connectivity index (χ1) is 8.23. The van der Waals surface area contributed by atoms with Crippen molar-refractivity contribution in [1.82, 2.24) is 4.57 Å². The van der Waals surface area contributed by atoms with Gasteiger partial charge in [0.1, 0.15) is 0 Å². The molecule has 1 aliphatic carbocycles. The Morgan fingerprint density at radius 2 is 2.00 bits per heavy atom. The summed E-state index contributed by atoms with van der Waals surface area (Å²) in [4.78, 5) is 24.5. The molecule has 0 unspecified atom stereocenters. The van der Waals surface area contributed by atoms with Gasteiger partial charge in [-0.3, -0.25) is 9.59 Å². The molecule has 0 aliphatic heterocycles.